The van der Waals surface area contributed by atoms with Gasteiger partial charge in [0.15, 0.2) is 5.82 Å². The molecule has 0 amide bonds. The Bertz CT molecular complexity index is 575. The molecule has 20 heavy (non-hydrogen) atoms. The molecule has 2 N–H and O–H groups in total. The second-order valence-corrected chi connectivity index (χ2v) is 5.12. The van der Waals surface area contributed by atoms with E-state index in [1.54, 1.807) is 0 Å². The molecule has 0 radical (unpaired) electrons. The largest absolute Gasteiger partial charge is 0.383 e. The highest BCUT2D eigenvalue weighted by Crippen LogP contribution is 2.28. The number of hydrogen-bond acceptors (Lipinski definition) is 4. The van der Waals surface area contributed by atoms with Gasteiger partial charge in [0.2, 0.25) is 0 Å². The van der Waals surface area contributed by atoms with E-state index in [4.69, 9.17) is 10.5 Å². The summed E-state index contributed by atoms with van der Waals surface area (Å²) in [5.41, 5.74) is 7.88. The lowest BCUT2D eigenvalue weighted by atomic mass is 10.1. The molecule has 1 aromatic carbocycles. The van der Waals surface area contributed by atoms with Gasteiger partial charge < -0.3 is 10.5 Å². The Morgan fingerprint density at radius 1 is 1.20 bits per heavy atom. The average molecular weight is 336 g/mol. The summed E-state index contributed by atoms with van der Waals surface area (Å²) in [5, 5.41) is 0. The average Bonchev–Trinajstić information content (AvgIpc) is 2.48. The molecule has 1 heterocycles. The number of nitrogen functional groups attached to an aromatic ring is 1. The zero-order valence-electron chi connectivity index (χ0n) is 11.6. The number of nitrogens with zero attached hydrogens (tertiary/aromatic N) is 2. The second kappa shape index (κ2) is 6.81. The van der Waals surface area contributed by atoms with E-state index in [1.807, 2.05) is 44.2 Å². The smallest absolute Gasteiger partial charge is 0.164 e. The van der Waals surface area contributed by atoms with E-state index in [9.17, 15) is 0 Å². The van der Waals surface area contributed by atoms with E-state index in [-0.39, 0.29) is 6.10 Å². The molecule has 0 aliphatic carbocycles. The molecule has 0 saturated heterocycles. The summed E-state index contributed by atoms with van der Waals surface area (Å²) in [4.78, 5) is 8.96. The first-order valence-electron chi connectivity index (χ1n) is 6.65. The molecule has 0 saturated carbocycles. The molecule has 106 valence electrons. The summed E-state index contributed by atoms with van der Waals surface area (Å²) in [6, 6.07) is 9.94. The van der Waals surface area contributed by atoms with Crippen molar-refractivity contribution in [3.8, 4) is 0 Å². The van der Waals surface area contributed by atoms with Gasteiger partial charge in [-0.3, -0.25) is 0 Å². The molecule has 4 nitrogen and oxygen atoms in total. The molecule has 0 spiro atoms. The highest BCUT2D eigenvalue weighted by atomic mass is 79.9. The highest BCUT2D eigenvalue weighted by molar-refractivity contribution is 9.10. The summed E-state index contributed by atoms with van der Waals surface area (Å²) in [6.07, 6.45) is 0.496. The number of aromatic nitrogens is 2. The van der Waals surface area contributed by atoms with Gasteiger partial charge in [-0.05, 0) is 34.8 Å². The van der Waals surface area contributed by atoms with E-state index in [2.05, 4.69) is 25.9 Å². The zero-order chi connectivity index (χ0) is 14.5. The van der Waals surface area contributed by atoms with Crippen molar-refractivity contribution in [2.24, 2.45) is 0 Å². The zero-order valence-corrected chi connectivity index (χ0v) is 13.2. The maximum Gasteiger partial charge on any atom is 0.164 e. The van der Waals surface area contributed by atoms with Crippen LogP contribution in [-0.2, 0) is 11.2 Å². The number of halogens is 1. The summed E-state index contributed by atoms with van der Waals surface area (Å²) in [6.45, 7) is 4.58. The van der Waals surface area contributed by atoms with Crippen molar-refractivity contribution in [2.45, 2.75) is 26.4 Å². The van der Waals surface area contributed by atoms with Gasteiger partial charge in [-0.25, -0.2) is 9.97 Å². The molecule has 0 aliphatic rings. The SMILES string of the molecule is CCOC(c1ccccc1)c1nc(N)c(Br)c(CC)n1. The Balaban J connectivity index is 2.47. The lowest BCUT2D eigenvalue weighted by molar-refractivity contribution is 0.0850. The predicted octanol–water partition coefficient (Wildman–Crippen LogP) is 3.51. The minimum absolute atomic E-state index is 0.290. The first-order chi connectivity index (χ1) is 9.67. The molecule has 1 unspecified atom stereocenters. The van der Waals surface area contributed by atoms with Crippen LogP contribution in [0.4, 0.5) is 5.82 Å². The molecule has 2 rings (SSSR count). The van der Waals surface area contributed by atoms with Crippen molar-refractivity contribution < 1.29 is 4.74 Å². The van der Waals surface area contributed by atoms with Crippen molar-refractivity contribution in [3.63, 3.8) is 0 Å². The first kappa shape index (κ1) is 14.9. The summed E-state index contributed by atoms with van der Waals surface area (Å²) >= 11 is 3.43. The van der Waals surface area contributed by atoms with Gasteiger partial charge in [0, 0.05) is 6.61 Å². The Labute approximate surface area is 127 Å². The van der Waals surface area contributed by atoms with Crippen LogP contribution >= 0.6 is 15.9 Å². The Hall–Kier alpha value is -1.46. The number of hydrogen-bond donors (Lipinski definition) is 1. The molecule has 0 bridgehead atoms. The quantitative estimate of drug-likeness (QED) is 0.908. The van der Waals surface area contributed by atoms with Gasteiger partial charge in [-0.15, -0.1) is 0 Å². The van der Waals surface area contributed by atoms with Crippen LogP contribution in [0.3, 0.4) is 0 Å². The van der Waals surface area contributed by atoms with Gasteiger partial charge in [0.05, 0.1) is 10.2 Å². The molecule has 5 heteroatoms. The van der Waals surface area contributed by atoms with E-state index in [0.717, 1.165) is 22.2 Å². The van der Waals surface area contributed by atoms with Crippen LogP contribution < -0.4 is 5.73 Å². The van der Waals surface area contributed by atoms with Crippen LogP contribution in [0.1, 0.15) is 37.0 Å². The molecule has 0 aliphatic heterocycles. The van der Waals surface area contributed by atoms with Crippen molar-refractivity contribution in [1.29, 1.82) is 0 Å². The molecular weight excluding hydrogens is 318 g/mol. The number of anilines is 1. The monoisotopic (exact) mass is 335 g/mol. The number of nitrogens with two attached hydrogens (primary N) is 1. The van der Waals surface area contributed by atoms with E-state index >= 15 is 0 Å². The van der Waals surface area contributed by atoms with E-state index in [1.165, 1.54) is 0 Å². The summed E-state index contributed by atoms with van der Waals surface area (Å²) < 4.78 is 6.58. The van der Waals surface area contributed by atoms with Crippen LogP contribution in [-0.4, -0.2) is 16.6 Å². The van der Waals surface area contributed by atoms with Gasteiger partial charge >= 0.3 is 0 Å². The topological polar surface area (TPSA) is 61.0 Å². The van der Waals surface area contributed by atoms with Crippen molar-refractivity contribution in [2.75, 3.05) is 12.3 Å². The Morgan fingerprint density at radius 3 is 2.50 bits per heavy atom. The van der Waals surface area contributed by atoms with Crippen molar-refractivity contribution >= 4 is 21.7 Å². The van der Waals surface area contributed by atoms with Crippen molar-refractivity contribution in [3.05, 3.63) is 51.9 Å². The van der Waals surface area contributed by atoms with Gasteiger partial charge in [-0.1, -0.05) is 37.3 Å². The third-order valence-corrected chi connectivity index (χ3v) is 3.83. The van der Waals surface area contributed by atoms with Crippen LogP contribution in [0.15, 0.2) is 34.8 Å². The minimum Gasteiger partial charge on any atom is -0.383 e. The maximum absolute atomic E-state index is 5.96. The molecule has 1 atom stereocenters. The number of ether oxygens (including phenoxy) is 1. The number of aryl methyl sites for hydroxylation is 1. The normalized spacial score (nSPS) is 12.3. The van der Waals surface area contributed by atoms with E-state index in [0.29, 0.717) is 18.2 Å². The lowest BCUT2D eigenvalue weighted by Gasteiger charge is -2.18. The van der Waals surface area contributed by atoms with Crippen LogP contribution in [0.2, 0.25) is 0 Å². The maximum atomic E-state index is 5.96. The third-order valence-electron chi connectivity index (χ3n) is 2.97. The Kier molecular flexibility index (Phi) is 5.09. The standard InChI is InChI=1S/C15H18BrN3O/c1-3-11-12(16)14(17)19-15(18-11)13(20-4-2)10-8-6-5-7-9-10/h5-9,13H,3-4H2,1-2H3,(H2,17,18,19). The van der Waals surface area contributed by atoms with Gasteiger partial charge in [0.25, 0.3) is 0 Å². The first-order valence-corrected chi connectivity index (χ1v) is 7.45. The highest BCUT2D eigenvalue weighted by Gasteiger charge is 2.20. The fraction of sp³-hybridized carbons (Fsp3) is 0.333. The summed E-state index contributed by atoms with van der Waals surface area (Å²) in [5.74, 6) is 1.06. The van der Waals surface area contributed by atoms with Gasteiger partial charge in [-0.2, -0.15) is 0 Å². The van der Waals surface area contributed by atoms with Crippen molar-refractivity contribution in [1.82, 2.24) is 9.97 Å². The summed E-state index contributed by atoms with van der Waals surface area (Å²) in [7, 11) is 0. The molecule has 1 aromatic heterocycles. The fourth-order valence-corrected chi connectivity index (χ4v) is 2.46. The van der Waals surface area contributed by atoms with Crippen LogP contribution in [0, 0.1) is 0 Å². The molecule has 2 aromatic rings. The number of benzene rings is 1. The minimum atomic E-state index is -0.290. The predicted molar refractivity (Wildman–Crippen MR) is 83.4 cm³/mol. The molecular formula is C15H18BrN3O. The van der Waals surface area contributed by atoms with E-state index < -0.39 is 0 Å². The third kappa shape index (κ3) is 3.16. The lowest BCUT2D eigenvalue weighted by Crippen LogP contribution is -2.13. The number of rotatable bonds is 5. The Morgan fingerprint density at radius 2 is 1.90 bits per heavy atom. The fourth-order valence-electron chi connectivity index (χ4n) is 2.00. The van der Waals surface area contributed by atoms with Crippen LogP contribution in [0.25, 0.3) is 0 Å². The second-order valence-electron chi connectivity index (χ2n) is 4.33. The van der Waals surface area contributed by atoms with Gasteiger partial charge in [0.1, 0.15) is 11.9 Å². The molecule has 0 fully saturated rings. The van der Waals surface area contributed by atoms with Crippen LogP contribution in [0.5, 0.6) is 0 Å².